The van der Waals surface area contributed by atoms with Gasteiger partial charge in [0, 0.05) is 25.8 Å². The number of aryl methyl sites for hydroxylation is 1. The summed E-state index contributed by atoms with van der Waals surface area (Å²) in [5, 5.41) is 0. The van der Waals surface area contributed by atoms with E-state index in [9.17, 15) is 9.59 Å². The maximum absolute atomic E-state index is 12.7. The number of imide groups is 1. The smallest absolute Gasteiger partial charge is 0.261 e. The van der Waals surface area contributed by atoms with Gasteiger partial charge in [0.05, 0.1) is 5.57 Å². The van der Waals surface area contributed by atoms with Gasteiger partial charge in [-0.3, -0.25) is 14.5 Å². The second kappa shape index (κ2) is 6.05. The van der Waals surface area contributed by atoms with E-state index in [4.69, 9.17) is 4.74 Å². The second-order valence-corrected chi connectivity index (χ2v) is 6.12. The van der Waals surface area contributed by atoms with Gasteiger partial charge in [-0.05, 0) is 49.3 Å². The van der Waals surface area contributed by atoms with Crippen LogP contribution in [0.15, 0.2) is 24.3 Å². The highest BCUT2D eigenvalue weighted by atomic mass is 16.5. The summed E-state index contributed by atoms with van der Waals surface area (Å²) in [4.78, 5) is 26.3. The molecule has 4 heteroatoms. The molecule has 2 amide bonds. The highest BCUT2D eigenvalue weighted by molar-refractivity contribution is 6.33. The van der Waals surface area contributed by atoms with E-state index >= 15 is 0 Å². The number of benzene rings is 1. The number of nitrogens with zero attached hydrogens (tertiary/aromatic N) is 1. The quantitative estimate of drug-likeness (QED) is 0.806. The van der Waals surface area contributed by atoms with E-state index in [2.05, 4.69) is 0 Å². The molecule has 2 aliphatic heterocycles. The van der Waals surface area contributed by atoms with Crippen molar-refractivity contribution in [3.8, 4) is 0 Å². The number of hydrogen-bond acceptors (Lipinski definition) is 3. The van der Waals surface area contributed by atoms with Crippen molar-refractivity contribution < 1.29 is 14.3 Å². The lowest BCUT2D eigenvalue weighted by atomic mass is 9.96. The molecule has 22 heavy (non-hydrogen) atoms. The Bertz CT molecular complexity index is 642. The van der Waals surface area contributed by atoms with Crippen molar-refractivity contribution in [1.82, 2.24) is 4.90 Å². The highest BCUT2D eigenvalue weighted by Crippen LogP contribution is 2.29. The molecule has 0 N–H and O–H groups in total. The molecule has 4 nitrogen and oxygen atoms in total. The van der Waals surface area contributed by atoms with Gasteiger partial charge < -0.3 is 4.74 Å². The molecule has 1 saturated heterocycles. The average molecular weight is 299 g/mol. The average Bonchev–Trinajstić information content (AvgIpc) is 2.79. The van der Waals surface area contributed by atoms with Crippen molar-refractivity contribution >= 4 is 17.4 Å². The first-order valence-corrected chi connectivity index (χ1v) is 7.80. The molecule has 2 aliphatic rings. The van der Waals surface area contributed by atoms with Crippen LogP contribution in [0.3, 0.4) is 0 Å². The Hall–Kier alpha value is -1.94. The van der Waals surface area contributed by atoms with Crippen LogP contribution < -0.4 is 0 Å². The molecule has 0 aliphatic carbocycles. The van der Waals surface area contributed by atoms with Crippen molar-refractivity contribution in [2.24, 2.45) is 5.92 Å². The van der Waals surface area contributed by atoms with Crippen LogP contribution in [0.25, 0.3) is 5.57 Å². The molecule has 2 heterocycles. The van der Waals surface area contributed by atoms with E-state index in [-0.39, 0.29) is 11.8 Å². The van der Waals surface area contributed by atoms with Gasteiger partial charge in [-0.25, -0.2) is 0 Å². The molecule has 0 spiro atoms. The topological polar surface area (TPSA) is 46.6 Å². The summed E-state index contributed by atoms with van der Waals surface area (Å²) in [6.45, 7) is 5.95. The number of ether oxygens (including phenoxy) is 1. The van der Waals surface area contributed by atoms with Crippen LogP contribution in [0.1, 0.15) is 29.5 Å². The van der Waals surface area contributed by atoms with Gasteiger partial charge in [0.15, 0.2) is 0 Å². The van der Waals surface area contributed by atoms with E-state index in [0.29, 0.717) is 18.0 Å². The van der Waals surface area contributed by atoms with Crippen LogP contribution in [0.2, 0.25) is 0 Å². The summed E-state index contributed by atoms with van der Waals surface area (Å²) in [5.74, 6) is 0.00518. The first-order valence-electron chi connectivity index (χ1n) is 7.80. The van der Waals surface area contributed by atoms with E-state index < -0.39 is 0 Å². The SMILES string of the molecule is Cc1cccc(C2=CC(=O)N(CC3CCOCC3)C2=O)c1C. The van der Waals surface area contributed by atoms with Gasteiger partial charge in [0.1, 0.15) is 0 Å². The standard InChI is InChI=1S/C18H21NO3/c1-12-4-3-5-15(13(12)2)16-10-17(20)19(18(16)21)11-14-6-8-22-9-7-14/h3-5,10,14H,6-9,11H2,1-2H3. The predicted molar refractivity (Wildman–Crippen MR) is 84.2 cm³/mol. The van der Waals surface area contributed by atoms with Crippen LogP contribution >= 0.6 is 0 Å². The van der Waals surface area contributed by atoms with E-state index in [1.165, 1.54) is 11.0 Å². The van der Waals surface area contributed by atoms with Gasteiger partial charge >= 0.3 is 0 Å². The second-order valence-electron chi connectivity index (χ2n) is 6.12. The van der Waals surface area contributed by atoms with Crippen molar-refractivity contribution in [1.29, 1.82) is 0 Å². The summed E-state index contributed by atoms with van der Waals surface area (Å²) >= 11 is 0. The fourth-order valence-electron chi connectivity index (χ4n) is 3.10. The summed E-state index contributed by atoms with van der Waals surface area (Å²) in [5.41, 5.74) is 3.58. The van der Waals surface area contributed by atoms with Crippen LogP contribution in [0, 0.1) is 19.8 Å². The maximum Gasteiger partial charge on any atom is 0.261 e. The van der Waals surface area contributed by atoms with Crippen LogP contribution in [0.5, 0.6) is 0 Å². The van der Waals surface area contributed by atoms with Gasteiger partial charge in [-0.15, -0.1) is 0 Å². The predicted octanol–water partition coefficient (Wildman–Crippen LogP) is 2.48. The number of amides is 2. The molecule has 0 unspecified atom stereocenters. The molecular formula is C18H21NO3. The first kappa shape index (κ1) is 15.0. The molecule has 0 aromatic heterocycles. The zero-order valence-electron chi connectivity index (χ0n) is 13.1. The monoisotopic (exact) mass is 299 g/mol. The largest absolute Gasteiger partial charge is 0.381 e. The van der Waals surface area contributed by atoms with Crippen LogP contribution in [-0.2, 0) is 14.3 Å². The van der Waals surface area contributed by atoms with E-state index in [1.807, 2.05) is 32.0 Å². The van der Waals surface area contributed by atoms with Crippen molar-refractivity contribution in [3.63, 3.8) is 0 Å². The summed E-state index contributed by atoms with van der Waals surface area (Å²) in [7, 11) is 0. The zero-order chi connectivity index (χ0) is 15.7. The number of carbonyl (C=O) groups is 2. The third-order valence-corrected chi connectivity index (χ3v) is 4.69. The van der Waals surface area contributed by atoms with Crippen molar-refractivity contribution in [2.45, 2.75) is 26.7 Å². The Morgan fingerprint density at radius 3 is 2.64 bits per heavy atom. The molecule has 1 aromatic carbocycles. The minimum atomic E-state index is -0.188. The molecule has 116 valence electrons. The number of carbonyl (C=O) groups excluding carboxylic acids is 2. The number of rotatable bonds is 3. The van der Waals surface area contributed by atoms with Crippen LogP contribution in [0.4, 0.5) is 0 Å². The lowest BCUT2D eigenvalue weighted by molar-refractivity contribution is -0.137. The zero-order valence-corrected chi connectivity index (χ0v) is 13.1. The maximum atomic E-state index is 12.7. The molecule has 1 fully saturated rings. The van der Waals surface area contributed by atoms with E-state index in [1.54, 1.807) is 0 Å². The normalized spacial score (nSPS) is 19.7. The van der Waals surface area contributed by atoms with Crippen LogP contribution in [-0.4, -0.2) is 36.5 Å². The summed E-state index contributed by atoms with van der Waals surface area (Å²) in [6.07, 6.45) is 3.31. The first-order chi connectivity index (χ1) is 10.6. The molecule has 3 rings (SSSR count). The van der Waals surface area contributed by atoms with Gasteiger partial charge in [0.2, 0.25) is 0 Å². The Morgan fingerprint density at radius 2 is 1.91 bits per heavy atom. The summed E-state index contributed by atoms with van der Waals surface area (Å²) in [6, 6.07) is 5.86. The molecule has 0 radical (unpaired) electrons. The molecular weight excluding hydrogens is 278 g/mol. The highest BCUT2D eigenvalue weighted by Gasteiger charge is 2.34. The molecule has 0 saturated carbocycles. The molecule has 1 aromatic rings. The summed E-state index contributed by atoms with van der Waals surface area (Å²) < 4.78 is 5.34. The lowest BCUT2D eigenvalue weighted by Crippen LogP contribution is -2.37. The Balaban J connectivity index is 1.80. The molecule has 0 bridgehead atoms. The number of hydrogen-bond donors (Lipinski definition) is 0. The van der Waals surface area contributed by atoms with Crippen molar-refractivity contribution in [2.75, 3.05) is 19.8 Å². The van der Waals surface area contributed by atoms with Crippen molar-refractivity contribution in [3.05, 3.63) is 41.0 Å². The Labute approximate surface area is 130 Å². The molecule has 0 atom stereocenters. The fourth-order valence-corrected chi connectivity index (χ4v) is 3.10. The Morgan fingerprint density at radius 1 is 1.18 bits per heavy atom. The Kier molecular flexibility index (Phi) is 4.12. The lowest BCUT2D eigenvalue weighted by Gasteiger charge is -2.26. The minimum Gasteiger partial charge on any atom is -0.381 e. The van der Waals surface area contributed by atoms with E-state index in [0.717, 1.165) is 42.7 Å². The fraction of sp³-hybridized carbons (Fsp3) is 0.444. The minimum absolute atomic E-state index is 0.162. The van der Waals surface area contributed by atoms with Gasteiger partial charge in [0.25, 0.3) is 11.8 Å². The third kappa shape index (κ3) is 2.71. The van der Waals surface area contributed by atoms with Gasteiger partial charge in [-0.1, -0.05) is 18.2 Å². The van der Waals surface area contributed by atoms with Gasteiger partial charge in [-0.2, -0.15) is 0 Å². The third-order valence-electron chi connectivity index (χ3n) is 4.69.